The van der Waals surface area contributed by atoms with Crippen molar-refractivity contribution in [1.82, 2.24) is 14.6 Å². The normalized spacial score (nSPS) is 11.8. The molecule has 0 atom stereocenters. The smallest absolute Gasteiger partial charge is 0.358 e. The molecule has 2 aromatic rings. The summed E-state index contributed by atoms with van der Waals surface area (Å²) in [4.78, 5) is 16.1. The maximum absolute atomic E-state index is 11.6. The van der Waals surface area contributed by atoms with E-state index in [-0.39, 0.29) is 5.41 Å². The van der Waals surface area contributed by atoms with E-state index in [2.05, 4.69) is 30.9 Å². The largest absolute Gasteiger partial charge is 0.461 e. The molecule has 0 aliphatic heterocycles. The molecule has 5 nitrogen and oxygen atoms in total. The zero-order valence-electron chi connectivity index (χ0n) is 11.1. The van der Waals surface area contributed by atoms with E-state index in [9.17, 15) is 4.79 Å². The molecule has 0 aromatic carbocycles. The number of imidazole rings is 1. The molecule has 0 spiro atoms. The minimum Gasteiger partial charge on any atom is -0.461 e. The molecule has 0 aliphatic carbocycles. The fourth-order valence-corrected chi connectivity index (χ4v) is 1.56. The van der Waals surface area contributed by atoms with Gasteiger partial charge in [-0.25, -0.2) is 14.3 Å². The van der Waals surface area contributed by atoms with Gasteiger partial charge in [0.1, 0.15) is 0 Å². The van der Waals surface area contributed by atoms with Crippen molar-refractivity contribution in [3.63, 3.8) is 0 Å². The molecule has 0 saturated carbocycles. The van der Waals surface area contributed by atoms with Crippen molar-refractivity contribution < 1.29 is 9.53 Å². The van der Waals surface area contributed by atoms with Crippen LogP contribution in [-0.4, -0.2) is 27.2 Å². The second-order valence-electron chi connectivity index (χ2n) is 5.12. The van der Waals surface area contributed by atoms with Gasteiger partial charge in [0.15, 0.2) is 11.3 Å². The van der Waals surface area contributed by atoms with Crippen molar-refractivity contribution in [2.75, 3.05) is 6.61 Å². The van der Waals surface area contributed by atoms with E-state index in [0.29, 0.717) is 12.3 Å². The van der Waals surface area contributed by atoms with Gasteiger partial charge in [-0.1, -0.05) is 20.8 Å². The van der Waals surface area contributed by atoms with Gasteiger partial charge in [0.25, 0.3) is 0 Å². The van der Waals surface area contributed by atoms with E-state index >= 15 is 0 Å². The van der Waals surface area contributed by atoms with Crippen LogP contribution < -0.4 is 0 Å². The topological polar surface area (TPSA) is 56.5 Å². The van der Waals surface area contributed by atoms with E-state index in [1.807, 2.05) is 6.20 Å². The third-order valence-corrected chi connectivity index (χ3v) is 2.57. The van der Waals surface area contributed by atoms with Gasteiger partial charge in [0.05, 0.1) is 18.5 Å². The van der Waals surface area contributed by atoms with Crippen molar-refractivity contribution in [3.05, 3.63) is 29.7 Å². The number of hydrogen-bond donors (Lipinski definition) is 0. The Morgan fingerprint density at radius 1 is 1.39 bits per heavy atom. The van der Waals surface area contributed by atoms with Crippen LogP contribution in [0, 0.1) is 0 Å². The summed E-state index contributed by atoms with van der Waals surface area (Å²) in [7, 11) is 0. The number of rotatable bonds is 2. The Hall–Kier alpha value is -1.91. The second kappa shape index (κ2) is 4.40. The van der Waals surface area contributed by atoms with Crippen LogP contribution in [0.25, 0.3) is 5.65 Å². The molecule has 2 rings (SSSR count). The van der Waals surface area contributed by atoms with Crippen LogP contribution in [0.2, 0.25) is 0 Å². The molecule has 0 radical (unpaired) electrons. The molecule has 5 heteroatoms. The van der Waals surface area contributed by atoms with Crippen LogP contribution in [0.15, 0.2) is 18.3 Å². The van der Waals surface area contributed by atoms with Crippen molar-refractivity contribution in [2.45, 2.75) is 33.1 Å². The minimum absolute atomic E-state index is 0.0439. The number of carbonyl (C=O) groups excluding carboxylic acids is 1. The minimum atomic E-state index is -0.412. The number of nitrogens with zero attached hydrogens (tertiary/aromatic N) is 3. The highest BCUT2D eigenvalue weighted by Crippen LogP contribution is 2.21. The molecular formula is C13H17N3O2. The maximum atomic E-state index is 11.6. The molecule has 0 bridgehead atoms. The van der Waals surface area contributed by atoms with Gasteiger partial charge in [-0.3, -0.25) is 0 Å². The highest BCUT2D eigenvalue weighted by molar-refractivity contribution is 5.87. The molecule has 18 heavy (non-hydrogen) atoms. The number of hydrogen-bond acceptors (Lipinski definition) is 4. The molecule has 0 saturated heterocycles. The lowest BCUT2D eigenvalue weighted by atomic mass is 9.93. The molecule has 0 fully saturated rings. The average Bonchev–Trinajstić information content (AvgIpc) is 2.71. The van der Waals surface area contributed by atoms with E-state index in [0.717, 1.165) is 11.3 Å². The molecule has 0 aliphatic rings. The van der Waals surface area contributed by atoms with Crippen LogP contribution in [0.1, 0.15) is 43.9 Å². The summed E-state index contributed by atoms with van der Waals surface area (Å²) in [5, 5.41) is 4.21. The van der Waals surface area contributed by atoms with Crippen LogP contribution in [0.5, 0.6) is 0 Å². The summed E-state index contributed by atoms with van der Waals surface area (Å²) in [6.07, 6.45) is 1.85. The van der Waals surface area contributed by atoms with Crippen molar-refractivity contribution in [1.29, 1.82) is 0 Å². The maximum Gasteiger partial charge on any atom is 0.358 e. The number of fused-ring (bicyclic) bond motifs is 1. The second-order valence-corrected chi connectivity index (χ2v) is 5.12. The third-order valence-electron chi connectivity index (χ3n) is 2.57. The van der Waals surface area contributed by atoms with Gasteiger partial charge in [-0.15, -0.1) is 0 Å². The van der Waals surface area contributed by atoms with E-state index in [4.69, 9.17) is 4.74 Å². The zero-order valence-corrected chi connectivity index (χ0v) is 11.1. The van der Waals surface area contributed by atoms with Crippen LogP contribution in [-0.2, 0) is 10.2 Å². The Labute approximate surface area is 106 Å². The summed E-state index contributed by atoms with van der Waals surface area (Å²) in [5.41, 5.74) is 1.92. The number of carbonyl (C=O) groups is 1. The average molecular weight is 247 g/mol. The summed E-state index contributed by atoms with van der Waals surface area (Å²) < 4.78 is 6.53. The van der Waals surface area contributed by atoms with Gasteiger partial charge in [0, 0.05) is 5.41 Å². The predicted molar refractivity (Wildman–Crippen MR) is 67.6 cm³/mol. The molecule has 96 valence electrons. The molecule has 0 N–H and O–H groups in total. The predicted octanol–water partition coefficient (Wildman–Crippen LogP) is 2.20. The first-order valence-corrected chi connectivity index (χ1v) is 5.96. The van der Waals surface area contributed by atoms with E-state index in [1.165, 1.54) is 0 Å². The molecule has 2 heterocycles. The molecule has 0 amide bonds. The quantitative estimate of drug-likeness (QED) is 0.763. The number of aromatic nitrogens is 3. The Bertz CT molecular complexity index is 581. The third kappa shape index (κ3) is 2.34. The Balaban J connectivity index is 2.43. The Morgan fingerprint density at radius 3 is 2.72 bits per heavy atom. The highest BCUT2D eigenvalue weighted by Gasteiger charge is 2.18. The van der Waals surface area contributed by atoms with Gasteiger partial charge in [0.2, 0.25) is 0 Å². The van der Waals surface area contributed by atoms with Gasteiger partial charge >= 0.3 is 5.97 Å². The zero-order chi connectivity index (χ0) is 13.3. The van der Waals surface area contributed by atoms with Gasteiger partial charge in [-0.2, -0.15) is 5.10 Å². The van der Waals surface area contributed by atoms with Gasteiger partial charge < -0.3 is 4.74 Å². The SMILES string of the molecule is CCOC(=O)c1ccc2nc(C(C)(C)C)cn2n1. The standard InChI is InChI=1S/C13H17N3O2/c1-5-18-12(17)9-6-7-11-14-10(13(2,3)4)8-16(11)15-9/h6-8H,5H2,1-4H3. The summed E-state index contributed by atoms with van der Waals surface area (Å²) >= 11 is 0. The number of ether oxygens (including phenoxy) is 1. The lowest BCUT2D eigenvalue weighted by Crippen LogP contribution is -2.11. The van der Waals surface area contributed by atoms with Crippen LogP contribution in [0.4, 0.5) is 0 Å². The first-order chi connectivity index (χ1) is 8.41. The summed E-state index contributed by atoms with van der Waals surface area (Å²) in [6.45, 7) is 8.37. The van der Waals surface area contributed by atoms with Crippen LogP contribution in [0.3, 0.4) is 0 Å². The fraction of sp³-hybridized carbons (Fsp3) is 0.462. The highest BCUT2D eigenvalue weighted by atomic mass is 16.5. The van der Waals surface area contributed by atoms with Gasteiger partial charge in [-0.05, 0) is 19.1 Å². The summed E-state index contributed by atoms with van der Waals surface area (Å²) in [6, 6.07) is 3.40. The molecular weight excluding hydrogens is 230 g/mol. The molecule has 0 unspecified atom stereocenters. The van der Waals surface area contributed by atoms with Crippen molar-refractivity contribution >= 4 is 11.6 Å². The number of esters is 1. The van der Waals surface area contributed by atoms with Crippen molar-refractivity contribution in [3.8, 4) is 0 Å². The lowest BCUT2D eigenvalue weighted by Gasteiger charge is -2.13. The monoisotopic (exact) mass is 247 g/mol. The first kappa shape index (κ1) is 12.5. The Kier molecular flexibility index (Phi) is 3.07. The summed E-state index contributed by atoms with van der Waals surface area (Å²) in [5.74, 6) is -0.412. The Morgan fingerprint density at radius 2 is 2.11 bits per heavy atom. The fourth-order valence-electron chi connectivity index (χ4n) is 1.56. The first-order valence-electron chi connectivity index (χ1n) is 5.96. The van der Waals surface area contributed by atoms with E-state index < -0.39 is 5.97 Å². The van der Waals surface area contributed by atoms with E-state index in [1.54, 1.807) is 23.6 Å². The molecule has 2 aromatic heterocycles. The lowest BCUT2D eigenvalue weighted by molar-refractivity contribution is 0.0517. The van der Waals surface area contributed by atoms with Crippen molar-refractivity contribution in [2.24, 2.45) is 0 Å². The van der Waals surface area contributed by atoms with Crippen LogP contribution >= 0.6 is 0 Å².